The van der Waals surface area contributed by atoms with E-state index in [4.69, 9.17) is 10.2 Å². The lowest BCUT2D eigenvalue weighted by Gasteiger charge is -1.99. The highest BCUT2D eigenvalue weighted by atomic mass is 16.4. The molecule has 0 aromatic rings. The van der Waals surface area contributed by atoms with E-state index in [-0.39, 0.29) is 13.0 Å². The minimum absolute atomic E-state index is 0.220. The zero-order valence-corrected chi connectivity index (χ0v) is 14.5. The number of aliphatic hydroxyl groups is 2. The molecule has 0 unspecified atom stereocenters. The molecule has 0 aliphatic rings. The Bertz CT molecular complexity index is 408. The van der Waals surface area contributed by atoms with E-state index in [0.717, 1.165) is 38.5 Å². The summed E-state index contributed by atoms with van der Waals surface area (Å²) in [5, 5.41) is 26.9. The Morgan fingerprint density at radius 3 is 2.38 bits per heavy atom. The Morgan fingerprint density at radius 2 is 1.62 bits per heavy atom. The largest absolute Gasteiger partial charge is 0.481 e. The van der Waals surface area contributed by atoms with E-state index < -0.39 is 12.1 Å². The predicted molar refractivity (Wildman–Crippen MR) is 98.8 cm³/mol. The molecular weight excluding hydrogens is 304 g/mol. The molecule has 4 nitrogen and oxygen atoms in total. The lowest BCUT2D eigenvalue weighted by Crippen LogP contribution is -1.98. The molecule has 1 atom stereocenters. The first-order chi connectivity index (χ1) is 11.7. The van der Waals surface area contributed by atoms with Crippen molar-refractivity contribution in [3.63, 3.8) is 0 Å². The van der Waals surface area contributed by atoms with Gasteiger partial charge in [0.15, 0.2) is 0 Å². The van der Waals surface area contributed by atoms with Crippen LogP contribution in [0.2, 0.25) is 0 Å². The average Bonchev–Trinajstić information content (AvgIpc) is 2.55. The van der Waals surface area contributed by atoms with Crippen LogP contribution in [0.3, 0.4) is 0 Å². The number of carboxylic acid groups (broad SMARTS) is 1. The van der Waals surface area contributed by atoms with Crippen molar-refractivity contribution in [1.82, 2.24) is 0 Å². The molecule has 136 valence electrons. The van der Waals surface area contributed by atoms with Gasteiger partial charge in [-0.2, -0.15) is 0 Å². The second-order valence-corrected chi connectivity index (χ2v) is 5.65. The Labute approximate surface area is 145 Å². The summed E-state index contributed by atoms with van der Waals surface area (Å²) in [6.45, 7) is 0.265. The van der Waals surface area contributed by atoms with Gasteiger partial charge in [0.1, 0.15) is 0 Å². The first-order valence-electron chi connectivity index (χ1n) is 8.81. The van der Waals surface area contributed by atoms with Gasteiger partial charge < -0.3 is 15.3 Å². The van der Waals surface area contributed by atoms with Crippen LogP contribution in [0.1, 0.15) is 57.8 Å². The number of aliphatic carboxylic acids is 1. The molecule has 0 saturated carbocycles. The highest BCUT2D eigenvalue weighted by Gasteiger charge is 1.94. The van der Waals surface area contributed by atoms with Crippen molar-refractivity contribution in [2.45, 2.75) is 63.9 Å². The summed E-state index contributed by atoms with van der Waals surface area (Å²) < 4.78 is 0. The molecule has 0 rings (SSSR count). The van der Waals surface area contributed by atoms with Crippen LogP contribution >= 0.6 is 0 Å². The number of carbonyl (C=O) groups is 1. The Morgan fingerprint density at radius 1 is 0.875 bits per heavy atom. The number of hydrogen-bond donors (Lipinski definition) is 3. The number of aliphatic hydroxyl groups excluding tert-OH is 2. The number of allylic oxidation sites excluding steroid dienone is 6. The smallest absolute Gasteiger partial charge is 0.303 e. The molecule has 0 fully saturated rings. The quantitative estimate of drug-likeness (QED) is 0.238. The van der Waals surface area contributed by atoms with Gasteiger partial charge in [-0.25, -0.2) is 0 Å². The van der Waals surface area contributed by atoms with Gasteiger partial charge in [-0.3, -0.25) is 4.79 Å². The Hall–Kier alpha value is -1.65. The third-order valence-corrected chi connectivity index (χ3v) is 3.35. The van der Waals surface area contributed by atoms with Gasteiger partial charge in [-0.05, 0) is 44.9 Å². The number of unbranched alkanes of at least 4 members (excludes halogenated alkanes) is 4. The highest BCUT2D eigenvalue weighted by Crippen LogP contribution is 2.02. The second kappa shape index (κ2) is 17.7. The van der Waals surface area contributed by atoms with Gasteiger partial charge in [0.05, 0.1) is 6.10 Å². The van der Waals surface area contributed by atoms with E-state index in [9.17, 15) is 9.90 Å². The standard InChI is InChI=1S/C20H32O4/c21-18-14-10-6-5-8-12-16-19(22)15-11-7-3-1-2-4-9-13-17-20(23)24/h2-4,7-8,11-12,15,19,21-22H,1,5-6,9-10,13-14,16-18H2,(H,23,24)/b4-2+,7-3+,12-8+,15-11+/t19-/m1/s1. The van der Waals surface area contributed by atoms with Crippen molar-refractivity contribution in [2.75, 3.05) is 6.61 Å². The highest BCUT2D eigenvalue weighted by molar-refractivity contribution is 5.66. The summed E-state index contributed by atoms with van der Waals surface area (Å²) >= 11 is 0. The summed E-state index contributed by atoms with van der Waals surface area (Å²) in [6, 6.07) is 0. The van der Waals surface area contributed by atoms with Gasteiger partial charge >= 0.3 is 5.97 Å². The SMILES string of the molecule is O=C(O)CCC/C=C/C/C=C/C=C/[C@@H](O)C/C=C/CCCCCO. The fraction of sp³-hybridized carbons (Fsp3) is 0.550. The topological polar surface area (TPSA) is 77.8 Å². The fourth-order valence-electron chi connectivity index (χ4n) is 2.00. The van der Waals surface area contributed by atoms with Crippen LogP contribution in [0.15, 0.2) is 48.6 Å². The predicted octanol–water partition coefficient (Wildman–Crippen LogP) is 4.16. The minimum atomic E-state index is -0.747. The number of carboxylic acids is 1. The molecule has 24 heavy (non-hydrogen) atoms. The molecule has 0 spiro atoms. The second-order valence-electron chi connectivity index (χ2n) is 5.65. The molecule has 0 heterocycles. The summed E-state index contributed by atoms with van der Waals surface area (Å²) in [4.78, 5) is 10.3. The van der Waals surface area contributed by atoms with Crippen LogP contribution in [-0.4, -0.2) is 34.0 Å². The van der Waals surface area contributed by atoms with Crippen LogP contribution in [0.25, 0.3) is 0 Å². The maximum absolute atomic E-state index is 10.3. The lowest BCUT2D eigenvalue weighted by molar-refractivity contribution is -0.137. The maximum Gasteiger partial charge on any atom is 0.303 e. The van der Waals surface area contributed by atoms with Crippen molar-refractivity contribution in [3.05, 3.63) is 48.6 Å². The summed E-state index contributed by atoms with van der Waals surface area (Å²) in [5.41, 5.74) is 0. The van der Waals surface area contributed by atoms with Gasteiger partial charge in [0.2, 0.25) is 0 Å². The molecule has 4 heteroatoms. The van der Waals surface area contributed by atoms with Crippen LogP contribution in [0.4, 0.5) is 0 Å². The van der Waals surface area contributed by atoms with E-state index in [2.05, 4.69) is 6.08 Å². The normalized spacial score (nSPS) is 13.8. The fourth-order valence-corrected chi connectivity index (χ4v) is 2.00. The van der Waals surface area contributed by atoms with E-state index >= 15 is 0 Å². The summed E-state index contributed by atoms with van der Waals surface area (Å²) in [6.07, 6.45) is 22.2. The van der Waals surface area contributed by atoms with Crippen LogP contribution in [0, 0.1) is 0 Å². The molecule has 0 aromatic carbocycles. The van der Waals surface area contributed by atoms with Gasteiger partial charge in [0, 0.05) is 13.0 Å². The molecular formula is C20H32O4. The van der Waals surface area contributed by atoms with Crippen molar-refractivity contribution >= 4 is 5.97 Å². The van der Waals surface area contributed by atoms with Crippen LogP contribution in [-0.2, 0) is 4.79 Å². The van der Waals surface area contributed by atoms with Gasteiger partial charge in [0.25, 0.3) is 0 Å². The molecule has 0 bridgehead atoms. The minimum Gasteiger partial charge on any atom is -0.481 e. The Kier molecular flexibility index (Phi) is 16.5. The van der Waals surface area contributed by atoms with Crippen LogP contribution in [0.5, 0.6) is 0 Å². The van der Waals surface area contributed by atoms with Crippen molar-refractivity contribution < 1.29 is 20.1 Å². The zero-order chi connectivity index (χ0) is 17.9. The first-order valence-corrected chi connectivity index (χ1v) is 8.81. The molecule has 0 amide bonds. The van der Waals surface area contributed by atoms with E-state index in [0.29, 0.717) is 12.8 Å². The van der Waals surface area contributed by atoms with Crippen molar-refractivity contribution in [3.8, 4) is 0 Å². The summed E-state index contributed by atoms with van der Waals surface area (Å²) in [5.74, 6) is -0.747. The van der Waals surface area contributed by atoms with E-state index in [1.807, 2.05) is 36.5 Å². The van der Waals surface area contributed by atoms with Crippen LogP contribution < -0.4 is 0 Å². The van der Waals surface area contributed by atoms with E-state index in [1.54, 1.807) is 6.08 Å². The first kappa shape index (κ1) is 22.4. The zero-order valence-electron chi connectivity index (χ0n) is 14.5. The van der Waals surface area contributed by atoms with Gasteiger partial charge in [-0.15, -0.1) is 0 Å². The molecule has 0 aliphatic heterocycles. The molecule has 0 aromatic heterocycles. The lowest BCUT2D eigenvalue weighted by atomic mass is 10.1. The molecule has 3 N–H and O–H groups in total. The number of rotatable bonds is 15. The molecule has 0 saturated heterocycles. The maximum atomic E-state index is 10.3. The third kappa shape index (κ3) is 18.4. The van der Waals surface area contributed by atoms with E-state index in [1.165, 1.54) is 0 Å². The number of hydrogen-bond acceptors (Lipinski definition) is 3. The molecule has 0 aliphatic carbocycles. The summed E-state index contributed by atoms with van der Waals surface area (Å²) in [7, 11) is 0. The monoisotopic (exact) mass is 336 g/mol. The van der Waals surface area contributed by atoms with Crippen molar-refractivity contribution in [2.24, 2.45) is 0 Å². The third-order valence-electron chi connectivity index (χ3n) is 3.35. The van der Waals surface area contributed by atoms with Crippen molar-refractivity contribution in [1.29, 1.82) is 0 Å². The Balaban J connectivity index is 3.61. The average molecular weight is 336 g/mol. The van der Waals surface area contributed by atoms with Gasteiger partial charge in [-0.1, -0.05) is 55.0 Å². The molecule has 0 radical (unpaired) electrons.